The first-order chi connectivity index (χ1) is 10.2. The van der Waals surface area contributed by atoms with Crippen molar-refractivity contribution in [3.8, 4) is 0 Å². The number of aryl methyl sites for hydroxylation is 2. The molecule has 0 bridgehead atoms. The summed E-state index contributed by atoms with van der Waals surface area (Å²) < 4.78 is 10.5. The number of rotatable bonds is 5. The first-order valence-corrected chi connectivity index (χ1v) is 6.93. The summed E-state index contributed by atoms with van der Waals surface area (Å²) in [6, 6.07) is 0. The molecule has 0 spiro atoms. The van der Waals surface area contributed by atoms with Gasteiger partial charge in [0.05, 0.1) is 12.1 Å². The molecule has 2 heterocycles. The number of hydrogen-bond donors (Lipinski definition) is 1. The Kier molecular flexibility index (Phi) is 4.32. The van der Waals surface area contributed by atoms with Crippen LogP contribution in [0, 0.1) is 13.8 Å². The smallest absolute Gasteiger partial charge is 0.274 e. The van der Waals surface area contributed by atoms with Gasteiger partial charge in [0.2, 0.25) is 5.89 Å². The van der Waals surface area contributed by atoms with Gasteiger partial charge in [-0.25, -0.2) is 4.98 Å². The number of carbonyl (C=O) groups is 1. The summed E-state index contributed by atoms with van der Waals surface area (Å²) in [4.78, 5) is 22.6. The maximum atomic E-state index is 12.3. The van der Waals surface area contributed by atoms with Crippen molar-refractivity contribution >= 4 is 5.91 Å². The number of hydrogen-bond acceptors (Lipinski definition) is 7. The Balaban J connectivity index is 2.14. The van der Waals surface area contributed by atoms with Gasteiger partial charge in [-0.05, 0) is 34.9 Å². The third-order valence-electron chi connectivity index (χ3n) is 3.02. The van der Waals surface area contributed by atoms with E-state index in [0.29, 0.717) is 29.9 Å². The van der Waals surface area contributed by atoms with Crippen molar-refractivity contribution in [2.45, 2.75) is 39.8 Å². The lowest BCUT2D eigenvalue weighted by Crippen LogP contribution is -2.42. The van der Waals surface area contributed by atoms with Crippen molar-refractivity contribution in [3.63, 3.8) is 0 Å². The molecule has 0 aliphatic rings. The van der Waals surface area contributed by atoms with Crippen molar-refractivity contribution in [2.75, 3.05) is 14.1 Å². The Hall–Kier alpha value is -2.22. The van der Waals surface area contributed by atoms with Crippen molar-refractivity contribution in [1.82, 2.24) is 25.3 Å². The Morgan fingerprint density at radius 2 is 1.95 bits per heavy atom. The van der Waals surface area contributed by atoms with E-state index < -0.39 is 5.54 Å². The van der Waals surface area contributed by atoms with Gasteiger partial charge >= 0.3 is 0 Å². The molecule has 0 saturated carbocycles. The Bertz CT molecular complexity index is 672. The van der Waals surface area contributed by atoms with Crippen LogP contribution in [0.2, 0.25) is 0 Å². The number of oxazole rings is 1. The van der Waals surface area contributed by atoms with Crippen molar-refractivity contribution in [3.05, 3.63) is 29.1 Å². The van der Waals surface area contributed by atoms with Crippen LogP contribution in [0.1, 0.15) is 47.7 Å². The zero-order chi connectivity index (χ0) is 16.5. The van der Waals surface area contributed by atoms with Crippen molar-refractivity contribution in [1.29, 1.82) is 0 Å². The van der Waals surface area contributed by atoms with Gasteiger partial charge in [-0.1, -0.05) is 5.16 Å². The summed E-state index contributed by atoms with van der Waals surface area (Å²) in [7, 11) is 3.82. The van der Waals surface area contributed by atoms with Crippen molar-refractivity contribution < 1.29 is 13.7 Å². The normalized spacial score (nSPS) is 12.0. The molecule has 0 aromatic carbocycles. The highest BCUT2D eigenvalue weighted by molar-refractivity contribution is 5.93. The van der Waals surface area contributed by atoms with Gasteiger partial charge in [0.1, 0.15) is 5.76 Å². The molecule has 2 aromatic rings. The standard InChI is InChI=1S/C14H21N5O3/c1-8-11(15-9(2)21-8)12(20)17-14(3,4)13-16-10(22-18-13)7-19(5)6/h7H2,1-6H3,(H,17,20). The van der Waals surface area contributed by atoms with E-state index in [1.54, 1.807) is 27.7 Å². The highest BCUT2D eigenvalue weighted by atomic mass is 16.5. The van der Waals surface area contributed by atoms with Crippen LogP contribution in [0.4, 0.5) is 0 Å². The molecule has 2 aromatic heterocycles. The molecule has 2 rings (SSSR count). The molecule has 120 valence electrons. The summed E-state index contributed by atoms with van der Waals surface area (Å²) in [5.41, 5.74) is -0.521. The fraction of sp³-hybridized carbons (Fsp3) is 0.571. The molecule has 1 N–H and O–H groups in total. The third kappa shape index (κ3) is 3.51. The van der Waals surface area contributed by atoms with Crippen LogP contribution in [0.5, 0.6) is 0 Å². The molecule has 8 nitrogen and oxygen atoms in total. The molecule has 0 aliphatic heterocycles. The zero-order valence-electron chi connectivity index (χ0n) is 13.7. The lowest BCUT2D eigenvalue weighted by molar-refractivity contribution is 0.0901. The van der Waals surface area contributed by atoms with Crippen LogP contribution in [0.3, 0.4) is 0 Å². The lowest BCUT2D eigenvalue weighted by atomic mass is 10.0. The molecule has 0 atom stereocenters. The minimum absolute atomic E-state index is 0.266. The summed E-state index contributed by atoms with van der Waals surface area (Å²) >= 11 is 0. The Morgan fingerprint density at radius 1 is 1.27 bits per heavy atom. The summed E-state index contributed by atoms with van der Waals surface area (Å²) in [6.07, 6.45) is 0. The van der Waals surface area contributed by atoms with E-state index in [0.717, 1.165) is 0 Å². The largest absolute Gasteiger partial charge is 0.445 e. The maximum Gasteiger partial charge on any atom is 0.274 e. The van der Waals surface area contributed by atoms with Gasteiger partial charge in [-0.3, -0.25) is 4.79 Å². The fourth-order valence-corrected chi connectivity index (χ4v) is 1.98. The van der Waals surface area contributed by atoms with E-state index in [1.807, 2.05) is 19.0 Å². The number of nitrogens with zero attached hydrogens (tertiary/aromatic N) is 4. The van der Waals surface area contributed by atoms with Crippen LogP contribution in [0.25, 0.3) is 0 Å². The van der Waals surface area contributed by atoms with Gasteiger partial charge in [0, 0.05) is 6.92 Å². The molecule has 0 saturated heterocycles. The van der Waals surface area contributed by atoms with E-state index in [2.05, 4.69) is 20.4 Å². The van der Waals surface area contributed by atoms with Crippen LogP contribution >= 0.6 is 0 Å². The van der Waals surface area contributed by atoms with Crippen LogP contribution < -0.4 is 5.32 Å². The number of amides is 1. The summed E-state index contributed by atoms with van der Waals surface area (Å²) in [5.74, 6) is 1.50. The van der Waals surface area contributed by atoms with E-state index in [9.17, 15) is 4.79 Å². The van der Waals surface area contributed by atoms with E-state index in [-0.39, 0.29) is 11.6 Å². The first kappa shape index (κ1) is 16.2. The average molecular weight is 307 g/mol. The van der Waals surface area contributed by atoms with E-state index >= 15 is 0 Å². The molecular formula is C14H21N5O3. The van der Waals surface area contributed by atoms with Crippen LogP contribution in [0.15, 0.2) is 8.94 Å². The topological polar surface area (TPSA) is 97.3 Å². The second-order valence-electron chi connectivity index (χ2n) is 5.97. The average Bonchev–Trinajstić information content (AvgIpc) is 2.95. The number of aromatic nitrogens is 3. The molecule has 0 radical (unpaired) electrons. The second-order valence-corrected chi connectivity index (χ2v) is 5.97. The molecule has 0 unspecified atom stereocenters. The molecule has 22 heavy (non-hydrogen) atoms. The SMILES string of the molecule is Cc1nc(C(=O)NC(C)(C)c2noc(CN(C)C)n2)c(C)o1. The van der Waals surface area contributed by atoms with Gasteiger partial charge < -0.3 is 19.2 Å². The van der Waals surface area contributed by atoms with E-state index in [1.165, 1.54) is 0 Å². The van der Waals surface area contributed by atoms with Crippen LogP contribution in [-0.2, 0) is 12.1 Å². The quantitative estimate of drug-likeness (QED) is 0.891. The van der Waals surface area contributed by atoms with Gasteiger partial charge in [0.15, 0.2) is 17.4 Å². The third-order valence-corrected chi connectivity index (χ3v) is 3.02. The van der Waals surface area contributed by atoms with Crippen LogP contribution in [-0.4, -0.2) is 40.0 Å². The van der Waals surface area contributed by atoms with Gasteiger partial charge in [-0.2, -0.15) is 4.98 Å². The van der Waals surface area contributed by atoms with E-state index in [4.69, 9.17) is 8.94 Å². The molecule has 1 amide bonds. The van der Waals surface area contributed by atoms with Crippen molar-refractivity contribution in [2.24, 2.45) is 0 Å². The monoisotopic (exact) mass is 307 g/mol. The minimum atomic E-state index is -0.787. The molecular weight excluding hydrogens is 286 g/mol. The molecule has 8 heteroatoms. The predicted octanol–water partition coefficient (Wildman–Crippen LogP) is 1.40. The highest BCUT2D eigenvalue weighted by Crippen LogP contribution is 2.19. The zero-order valence-corrected chi connectivity index (χ0v) is 13.7. The maximum absolute atomic E-state index is 12.3. The van der Waals surface area contributed by atoms with Gasteiger partial charge in [0.25, 0.3) is 5.91 Å². The first-order valence-electron chi connectivity index (χ1n) is 6.93. The molecule has 0 aliphatic carbocycles. The summed E-state index contributed by atoms with van der Waals surface area (Å²) in [5, 5.41) is 6.79. The highest BCUT2D eigenvalue weighted by Gasteiger charge is 2.30. The Labute approximate surface area is 128 Å². The lowest BCUT2D eigenvalue weighted by Gasteiger charge is -2.21. The fourth-order valence-electron chi connectivity index (χ4n) is 1.98. The molecule has 0 fully saturated rings. The predicted molar refractivity (Wildman–Crippen MR) is 78.2 cm³/mol. The van der Waals surface area contributed by atoms with Gasteiger partial charge in [-0.15, -0.1) is 0 Å². The summed E-state index contributed by atoms with van der Waals surface area (Å²) in [6.45, 7) is 7.54. The minimum Gasteiger partial charge on any atom is -0.445 e. The number of nitrogens with one attached hydrogen (secondary N) is 1. The Morgan fingerprint density at radius 3 is 2.50 bits per heavy atom. The number of carbonyl (C=O) groups excluding carboxylic acids is 1. The second kappa shape index (κ2) is 5.88.